The second-order valence-corrected chi connectivity index (χ2v) is 4.81. The summed E-state index contributed by atoms with van der Waals surface area (Å²) in [5.74, 6) is -0.687. The van der Waals surface area contributed by atoms with Gasteiger partial charge in [0, 0.05) is 18.1 Å². The first kappa shape index (κ1) is 15.2. The lowest BCUT2D eigenvalue weighted by Gasteiger charge is -2.06. The van der Waals surface area contributed by atoms with Gasteiger partial charge in [0.1, 0.15) is 6.42 Å². The maximum Gasteiger partial charge on any atom is 0.235 e. The normalized spacial score (nSPS) is 10.0. The van der Waals surface area contributed by atoms with Gasteiger partial charge in [-0.1, -0.05) is 23.2 Å². The van der Waals surface area contributed by atoms with Crippen molar-refractivity contribution in [3.8, 4) is 0 Å². The molecule has 0 fully saturated rings. The van der Waals surface area contributed by atoms with Crippen molar-refractivity contribution in [2.24, 2.45) is 0 Å². The highest BCUT2D eigenvalue weighted by atomic mass is 35.5. The molecule has 0 saturated heterocycles. The van der Waals surface area contributed by atoms with Crippen LogP contribution in [0.2, 0.25) is 10.0 Å². The minimum absolute atomic E-state index is 0.282. The fourth-order valence-corrected chi connectivity index (χ4v) is 1.77. The molecule has 0 bridgehead atoms. The highest BCUT2D eigenvalue weighted by Gasteiger charge is 2.11. The predicted molar refractivity (Wildman–Crippen MR) is 80.4 cm³/mol. The molecule has 0 spiro atoms. The SMILES string of the molecule is O=C(CC(=O)Nc1cnccn1)Nc1ccc(Cl)c(Cl)c1. The summed E-state index contributed by atoms with van der Waals surface area (Å²) in [5.41, 5.74) is 0.460. The number of benzene rings is 1. The van der Waals surface area contributed by atoms with Crippen LogP contribution in [0.1, 0.15) is 6.42 Å². The van der Waals surface area contributed by atoms with Gasteiger partial charge in [0.2, 0.25) is 11.8 Å². The fourth-order valence-electron chi connectivity index (χ4n) is 1.48. The molecule has 2 amide bonds. The smallest absolute Gasteiger partial charge is 0.235 e. The van der Waals surface area contributed by atoms with Crippen molar-refractivity contribution in [1.82, 2.24) is 9.97 Å². The van der Waals surface area contributed by atoms with Gasteiger partial charge in [0.25, 0.3) is 0 Å². The van der Waals surface area contributed by atoms with E-state index in [9.17, 15) is 9.59 Å². The summed E-state index contributed by atoms with van der Waals surface area (Å²) >= 11 is 11.6. The molecule has 0 aliphatic heterocycles. The van der Waals surface area contributed by atoms with Crippen molar-refractivity contribution in [1.29, 1.82) is 0 Å². The Hall–Kier alpha value is -2.18. The molecule has 2 rings (SSSR count). The summed E-state index contributed by atoms with van der Waals surface area (Å²) in [6.07, 6.45) is 3.95. The van der Waals surface area contributed by atoms with Crippen LogP contribution < -0.4 is 10.6 Å². The molecule has 21 heavy (non-hydrogen) atoms. The van der Waals surface area contributed by atoms with Crippen LogP contribution in [0.25, 0.3) is 0 Å². The molecule has 0 saturated carbocycles. The number of rotatable bonds is 4. The molecule has 1 heterocycles. The molecule has 1 aromatic heterocycles. The monoisotopic (exact) mass is 324 g/mol. The van der Waals surface area contributed by atoms with Crippen molar-refractivity contribution >= 4 is 46.5 Å². The van der Waals surface area contributed by atoms with E-state index in [1.165, 1.54) is 24.7 Å². The minimum atomic E-state index is -0.493. The van der Waals surface area contributed by atoms with Gasteiger partial charge < -0.3 is 10.6 Å². The number of amides is 2. The number of nitrogens with one attached hydrogen (secondary N) is 2. The summed E-state index contributed by atoms with van der Waals surface area (Å²) in [6, 6.07) is 4.65. The van der Waals surface area contributed by atoms with Gasteiger partial charge in [0.15, 0.2) is 5.82 Å². The number of nitrogens with zero attached hydrogens (tertiary/aromatic N) is 2. The Kier molecular flexibility index (Phi) is 5.08. The number of halogens is 2. The van der Waals surface area contributed by atoms with Gasteiger partial charge in [-0.2, -0.15) is 0 Å². The van der Waals surface area contributed by atoms with E-state index >= 15 is 0 Å². The zero-order valence-corrected chi connectivity index (χ0v) is 12.1. The zero-order chi connectivity index (χ0) is 15.2. The lowest BCUT2D eigenvalue weighted by molar-refractivity contribution is -0.123. The quantitative estimate of drug-likeness (QED) is 0.847. The van der Waals surface area contributed by atoms with Crippen LogP contribution in [0.5, 0.6) is 0 Å². The van der Waals surface area contributed by atoms with Crippen LogP contribution in [-0.2, 0) is 9.59 Å². The third-order valence-electron chi connectivity index (χ3n) is 2.36. The third kappa shape index (κ3) is 4.70. The van der Waals surface area contributed by atoms with E-state index in [0.29, 0.717) is 15.7 Å². The molecule has 0 radical (unpaired) electrons. The molecule has 108 valence electrons. The maximum atomic E-state index is 11.7. The highest BCUT2D eigenvalue weighted by molar-refractivity contribution is 6.42. The molecule has 0 atom stereocenters. The minimum Gasteiger partial charge on any atom is -0.326 e. The Balaban J connectivity index is 1.89. The maximum absolute atomic E-state index is 11.7. The van der Waals surface area contributed by atoms with E-state index in [2.05, 4.69) is 20.6 Å². The van der Waals surface area contributed by atoms with E-state index < -0.39 is 11.8 Å². The van der Waals surface area contributed by atoms with Crippen molar-refractivity contribution < 1.29 is 9.59 Å². The first-order valence-corrected chi connectivity index (χ1v) is 6.61. The van der Waals surface area contributed by atoms with Crippen LogP contribution in [-0.4, -0.2) is 21.8 Å². The van der Waals surface area contributed by atoms with E-state index in [-0.39, 0.29) is 12.2 Å². The summed E-state index contributed by atoms with van der Waals surface area (Å²) in [6.45, 7) is 0. The van der Waals surface area contributed by atoms with Gasteiger partial charge in [0.05, 0.1) is 16.2 Å². The predicted octanol–water partition coefficient (Wildman–Crippen LogP) is 2.75. The van der Waals surface area contributed by atoms with Gasteiger partial charge in [-0.25, -0.2) is 4.98 Å². The van der Waals surface area contributed by atoms with Crippen LogP contribution in [0, 0.1) is 0 Å². The number of carbonyl (C=O) groups is 2. The number of hydrogen-bond acceptors (Lipinski definition) is 4. The number of carbonyl (C=O) groups excluding carboxylic acids is 2. The van der Waals surface area contributed by atoms with E-state index in [0.717, 1.165) is 0 Å². The van der Waals surface area contributed by atoms with Crippen LogP contribution >= 0.6 is 23.2 Å². The highest BCUT2D eigenvalue weighted by Crippen LogP contribution is 2.25. The summed E-state index contributed by atoms with van der Waals surface area (Å²) in [4.78, 5) is 31.0. The van der Waals surface area contributed by atoms with Crippen molar-refractivity contribution in [3.05, 3.63) is 46.8 Å². The average Bonchev–Trinajstić information content (AvgIpc) is 2.43. The fraction of sp³-hybridized carbons (Fsp3) is 0.0769. The standard InChI is InChI=1S/C13H10Cl2N4O2/c14-9-2-1-8(5-10(9)15)18-12(20)6-13(21)19-11-7-16-3-4-17-11/h1-5,7H,6H2,(H,18,20)(H,17,19,21). The second kappa shape index (κ2) is 7.01. The molecule has 0 unspecified atom stereocenters. The van der Waals surface area contributed by atoms with Crippen molar-refractivity contribution in [3.63, 3.8) is 0 Å². The Morgan fingerprint density at radius 1 is 1.05 bits per heavy atom. The number of anilines is 2. The van der Waals surface area contributed by atoms with Crippen LogP contribution in [0.4, 0.5) is 11.5 Å². The van der Waals surface area contributed by atoms with E-state index in [1.54, 1.807) is 12.1 Å². The Bertz CT molecular complexity index is 664. The first-order chi connectivity index (χ1) is 10.0. The molecule has 8 heteroatoms. The topological polar surface area (TPSA) is 84.0 Å². The first-order valence-electron chi connectivity index (χ1n) is 5.85. The van der Waals surface area contributed by atoms with Crippen molar-refractivity contribution in [2.45, 2.75) is 6.42 Å². The molecular weight excluding hydrogens is 315 g/mol. The average molecular weight is 325 g/mol. The van der Waals surface area contributed by atoms with E-state index in [4.69, 9.17) is 23.2 Å². The largest absolute Gasteiger partial charge is 0.326 e. The van der Waals surface area contributed by atoms with Gasteiger partial charge >= 0.3 is 0 Å². The molecular formula is C13H10Cl2N4O2. The number of hydrogen-bond donors (Lipinski definition) is 2. The van der Waals surface area contributed by atoms with Gasteiger partial charge in [-0.3, -0.25) is 14.6 Å². The molecule has 2 N–H and O–H groups in total. The molecule has 0 aliphatic carbocycles. The number of aromatic nitrogens is 2. The third-order valence-corrected chi connectivity index (χ3v) is 3.09. The van der Waals surface area contributed by atoms with Crippen molar-refractivity contribution in [2.75, 3.05) is 10.6 Å². The molecule has 2 aromatic rings. The van der Waals surface area contributed by atoms with Gasteiger partial charge in [-0.15, -0.1) is 0 Å². The van der Waals surface area contributed by atoms with Crippen LogP contribution in [0.15, 0.2) is 36.8 Å². The molecule has 1 aromatic carbocycles. The van der Waals surface area contributed by atoms with E-state index in [1.807, 2.05) is 0 Å². The van der Waals surface area contributed by atoms with Crippen LogP contribution in [0.3, 0.4) is 0 Å². The Morgan fingerprint density at radius 3 is 2.48 bits per heavy atom. The zero-order valence-electron chi connectivity index (χ0n) is 10.6. The lowest BCUT2D eigenvalue weighted by Crippen LogP contribution is -2.21. The summed E-state index contributed by atoms with van der Waals surface area (Å²) < 4.78 is 0. The molecule has 6 nitrogen and oxygen atoms in total. The Morgan fingerprint density at radius 2 is 1.81 bits per heavy atom. The summed E-state index contributed by atoms with van der Waals surface area (Å²) in [7, 11) is 0. The Labute approximate surface area is 130 Å². The second-order valence-electron chi connectivity index (χ2n) is 3.99. The lowest BCUT2D eigenvalue weighted by atomic mass is 10.3. The summed E-state index contributed by atoms with van der Waals surface area (Å²) in [5, 5.41) is 5.71. The molecule has 0 aliphatic rings. The van der Waals surface area contributed by atoms with Gasteiger partial charge in [-0.05, 0) is 18.2 Å².